The molecule has 1 aromatic carbocycles. The fourth-order valence-electron chi connectivity index (χ4n) is 2.22. The predicted octanol–water partition coefficient (Wildman–Crippen LogP) is 1.22. The van der Waals surface area contributed by atoms with Crippen LogP contribution in [0.15, 0.2) is 24.3 Å². The van der Waals surface area contributed by atoms with Gasteiger partial charge in [0.1, 0.15) is 0 Å². The lowest BCUT2D eigenvalue weighted by atomic mass is 10.1. The van der Waals surface area contributed by atoms with Gasteiger partial charge in [-0.15, -0.1) is 0 Å². The van der Waals surface area contributed by atoms with Crippen molar-refractivity contribution >= 4 is 6.09 Å². The largest absolute Gasteiger partial charge is 0.465 e. The number of rotatable bonds is 1. The van der Waals surface area contributed by atoms with Crippen LogP contribution in [0.25, 0.3) is 0 Å². The Balaban J connectivity index is 2.37. The van der Waals surface area contributed by atoms with Crippen LogP contribution in [-0.4, -0.2) is 29.2 Å². The van der Waals surface area contributed by atoms with E-state index in [2.05, 4.69) is 0 Å². The molecule has 0 radical (unpaired) electrons. The number of amides is 1. The highest BCUT2D eigenvalue weighted by atomic mass is 16.4. The minimum Gasteiger partial charge on any atom is -0.465 e. The molecule has 3 N–H and O–H groups in total. The van der Waals surface area contributed by atoms with Crippen LogP contribution in [0.5, 0.6) is 0 Å². The third-order valence-electron chi connectivity index (χ3n) is 2.95. The SMILES string of the molecule is CN(C(=O)O)[C@H]1c2ccccc2C[C@@H]1N. The molecule has 15 heavy (non-hydrogen) atoms. The van der Waals surface area contributed by atoms with Gasteiger partial charge in [-0.05, 0) is 17.5 Å². The Kier molecular flexibility index (Phi) is 2.36. The van der Waals surface area contributed by atoms with Crippen molar-refractivity contribution in [3.05, 3.63) is 35.4 Å². The van der Waals surface area contributed by atoms with Crippen LogP contribution in [0.3, 0.4) is 0 Å². The molecular weight excluding hydrogens is 192 g/mol. The zero-order valence-electron chi connectivity index (χ0n) is 8.55. The maximum Gasteiger partial charge on any atom is 0.407 e. The van der Waals surface area contributed by atoms with E-state index in [9.17, 15) is 4.79 Å². The average molecular weight is 206 g/mol. The third kappa shape index (κ3) is 1.57. The molecule has 0 saturated carbocycles. The molecule has 4 heteroatoms. The minimum atomic E-state index is -0.938. The lowest BCUT2D eigenvalue weighted by Gasteiger charge is -2.25. The minimum absolute atomic E-state index is 0.136. The number of benzene rings is 1. The third-order valence-corrected chi connectivity index (χ3v) is 2.95. The van der Waals surface area contributed by atoms with Gasteiger partial charge in [-0.25, -0.2) is 4.79 Å². The topological polar surface area (TPSA) is 66.6 Å². The standard InChI is InChI=1S/C11H14N2O2/c1-13(11(14)15)10-8-5-3-2-4-7(8)6-9(10)12/h2-5,9-10H,6,12H2,1H3,(H,14,15)/t9-,10-/m0/s1. The number of likely N-dealkylation sites (N-methyl/N-ethyl adjacent to an activating group) is 1. The molecular formula is C11H14N2O2. The maximum atomic E-state index is 10.9. The highest BCUT2D eigenvalue weighted by Gasteiger charge is 2.34. The molecule has 0 saturated heterocycles. The van der Waals surface area contributed by atoms with Gasteiger partial charge in [-0.2, -0.15) is 0 Å². The molecule has 2 rings (SSSR count). The zero-order valence-corrected chi connectivity index (χ0v) is 8.55. The van der Waals surface area contributed by atoms with E-state index in [-0.39, 0.29) is 12.1 Å². The maximum absolute atomic E-state index is 10.9. The molecule has 1 amide bonds. The summed E-state index contributed by atoms with van der Waals surface area (Å²) >= 11 is 0. The predicted molar refractivity (Wildman–Crippen MR) is 56.7 cm³/mol. The molecule has 0 bridgehead atoms. The average Bonchev–Trinajstić information content (AvgIpc) is 2.52. The van der Waals surface area contributed by atoms with E-state index in [0.29, 0.717) is 0 Å². The number of carbonyl (C=O) groups is 1. The molecule has 80 valence electrons. The summed E-state index contributed by atoms with van der Waals surface area (Å²) in [5.41, 5.74) is 8.16. The van der Waals surface area contributed by atoms with E-state index in [1.165, 1.54) is 4.90 Å². The van der Waals surface area contributed by atoms with Gasteiger partial charge in [0.2, 0.25) is 0 Å². The Labute approximate surface area is 88.3 Å². The Bertz CT molecular complexity index is 392. The summed E-state index contributed by atoms with van der Waals surface area (Å²) in [6.07, 6.45) is -0.189. The van der Waals surface area contributed by atoms with Gasteiger partial charge in [0.25, 0.3) is 0 Å². The molecule has 0 fully saturated rings. The van der Waals surface area contributed by atoms with E-state index in [0.717, 1.165) is 17.5 Å². The van der Waals surface area contributed by atoms with Crippen molar-refractivity contribution < 1.29 is 9.90 Å². The fourth-order valence-corrected chi connectivity index (χ4v) is 2.22. The first kappa shape index (κ1) is 9.98. The van der Waals surface area contributed by atoms with Gasteiger partial charge < -0.3 is 15.7 Å². The van der Waals surface area contributed by atoms with Gasteiger partial charge in [0, 0.05) is 13.1 Å². The number of nitrogens with zero attached hydrogens (tertiary/aromatic N) is 1. The molecule has 0 aliphatic heterocycles. The molecule has 0 aromatic heterocycles. The van der Waals surface area contributed by atoms with Gasteiger partial charge in [-0.3, -0.25) is 0 Å². The van der Waals surface area contributed by atoms with Gasteiger partial charge in [0.05, 0.1) is 6.04 Å². The molecule has 1 aromatic rings. The van der Waals surface area contributed by atoms with Crippen molar-refractivity contribution in [1.82, 2.24) is 4.90 Å². The molecule has 0 heterocycles. The number of nitrogens with two attached hydrogens (primary N) is 1. The molecule has 4 nitrogen and oxygen atoms in total. The summed E-state index contributed by atoms with van der Waals surface area (Å²) in [5, 5.41) is 8.96. The van der Waals surface area contributed by atoms with Crippen molar-refractivity contribution in [2.24, 2.45) is 5.73 Å². The monoisotopic (exact) mass is 206 g/mol. The van der Waals surface area contributed by atoms with E-state index in [1.807, 2.05) is 24.3 Å². The first-order valence-electron chi connectivity index (χ1n) is 4.90. The Morgan fingerprint density at radius 3 is 2.87 bits per heavy atom. The second kappa shape index (κ2) is 3.55. The normalized spacial score (nSPS) is 23.6. The Hall–Kier alpha value is -1.55. The summed E-state index contributed by atoms with van der Waals surface area (Å²) in [6, 6.07) is 7.48. The smallest absolute Gasteiger partial charge is 0.407 e. The lowest BCUT2D eigenvalue weighted by Crippen LogP contribution is -2.39. The van der Waals surface area contributed by atoms with E-state index < -0.39 is 6.09 Å². The van der Waals surface area contributed by atoms with Crippen LogP contribution in [0.4, 0.5) is 4.79 Å². The van der Waals surface area contributed by atoms with Crippen molar-refractivity contribution in [2.45, 2.75) is 18.5 Å². The summed E-state index contributed by atoms with van der Waals surface area (Å²) in [4.78, 5) is 12.2. The van der Waals surface area contributed by atoms with E-state index in [4.69, 9.17) is 10.8 Å². The van der Waals surface area contributed by atoms with Crippen molar-refractivity contribution in [3.63, 3.8) is 0 Å². The molecule has 1 aliphatic rings. The van der Waals surface area contributed by atoms with Crippen LogP contribution >= 0.6 is 0 Å². The molecule has 2 atom stereocenters. The Morgan fingerprint density at radius 1 is 1.53 bits per heavy atom. The molecule has 1 aliphatic carbocycles. The summed E-state index contributed by atoms with van der Waals surface area (Å²) in [6.45, 7) is 0. The number of fused-ring (bicyclic) bond motifs is 1. The van der Waals surface area contributed by atoms with E-state index >= 15 is 0 Å². The van der Waals surface area contributed by atoms with Crippen molar-refractivity contribution in [3.8, 4) is 0 Å². The number of hydrogen-bond acceptors (Lipinski definition) is 2. The first-order chi connectivity index (χ1) is 7.11. The van der Waals surface area contributed by atoms with Crippen molar-refractivity contribution in [1.29, 1.82) is 0 Å². The van der Waals surface area contributed by atoms with Gasteiger partial charge >= 0.3 is 6.09 Å². The van der Waals surface area contributed by atoms with E-state index in [1.54, 1.807) is 7.05 Å². The molecule has 0 unspecified atom stereocenters. The van der Waals surface area contributed by atoms with Crippen LogP contribution in [-0.2, 0) is 6.42 Å². The second-order valence-electron chi connectivity index (χ2n) is 3.91. The van der Waals surface area contributed by atoms with Gasteiger partial charge in [0.15, 0.2) is 0 Å². The Morgan fingerprint density at radius 2 is 2.20 bits per heavy atom. The fraction of sp³-hybridized carbons (Fsp3) is 0.364. The van der Waals surface area contributed by atoms with Crippen LogP contribution < -0.4 is 5.73 Å². The summed E-state index contributed by atoms with van der Waals surface area (Å²) < 4.78 is 0. The number of carboxylic acid groups (broad SMARTS) is 1. The van der Waals surface area contributed by atoms with Gasteiger partial charge in [-0.1, -0.05) is 24.3 Å². The van der Waals surface area contributed by atoms with Crippen LogP contribution in [0.1, 0.15) is 17.2 Å². The summed E-state index contributed by atoms with van der Waals surface area (Å²) in [5.74, 6) is 0. The molecule has 0 spiro atoms. The highest BCUT2D eigenvalue weighted by molar-refractivity contribution is 5.66. The second-order valence-corrected chi connectivity index (χ2v) is 3.91. The highest BCUT2D eigenvalue weighted by Crippen LogP contribution is 2.33. The lowest BCUT2D eigenvalue weighted by molar-refractivity contribution is 0.134. The van der Waals surface area contributed by atoms with Crippen molar-refractivity contribution in [2.75, 3.05) is 7.05 Å². The first-order valence-corrected chi connectivity index (χ1v) is 4.90. The van der Waals surface area contributed by atoms with Crippen LogP contribution in [0, 0.1) is 0 Å². The quantitative estimate of drug-likeness (QED) is 0.726. The van der Waals surface area contributed by atoms with Crippen LogP contribution in [0.2, 0.25) is 0 Å². The zero-order chi connectivity index (χ0) is 11.0. The summed E-state index contributed by atoms with van der Waals surface area (Å²) in [7, 11) is 1.56. The number of hydrogen-bond donors (Lipinski definition) is 2.